The summed E-state index contributed by atoms with van der Waals surface area (Å²) in [5.41, 5.74) is 6.69. The van der Waals surface area contributed by atoms with E-state index in [1.807, 2.05) is 30.3 Å². The van der Waals surface area contributed by atoms with Crippen molar-refractivity contribution >= 4 is 11.4 Å². The van der Waals surface area contributed by atoms with Crippen LogP contribution in [0.15, 0.2) is 48.5 Å². The van der Waals surface area contributed by atoms with E-state index in [1.165, 1.54) is 6.07 Å². The zero-order chi connectivity index (χ0) is 14.6. The fraction of sp³-hybridized carbons (Fsp3) is 0.200. The van der Waals surface area contributed by atoms with E-state index in [1.54, 1.807) is 0 Å². The van der Waals surface area contributed by atoms with Crippen molar-refractivity contribution in [1.82, 2.24) is 0 Å². The van der Waals surface area contributed by atoms with Crippen molar-refractivity contribution in [1.29, 1.82) is 0 Å². The third-order valence-corrected chi connectivity index (χ3v) is 2.95. The summed E-state index contributed by atoms with van der Waals surface area (Å²) in [5, 5.41) is 3.05. The first-order valence-electron chi connectivity index (χ1n) is 6.21. The molecule has 3 N–H and O–H groups in total. The van der Waals surface area contributed by atoms with Crippen LogP contribution in [0.4, 0.5) is 24.5 Å². The van der Waals surface area contributed by atoms with Crippen LogP contribution in [-0.4, -0.2) is 6.54 Å². The number of nitrogen functional groups attached to an aromatic ring is 1. The lowest BCUT2D eigenvalue weighted by Gasteiger charge is -2.12. The van der Waals surface area contributed by atoms with Crippen LogP contribution in [0.1, 0.15) is 11.1 Å². The topological polar surface area (TPSA) is 38.0 Å². The summed E-state index contributed by atoms with van der Waals surface area (Å²) in [6.07, 6.45) is -3.59. The third kappa shape index (κ3) is 3.66. The van der Waals surface area contributed by atoms with E-state index in [-0.39, 0.29) is 5.69 Å². The summed E-state index contributed by atoms with van der Waals surface area (Å²) in [6.45, 7) is 0.611. The van der Waals surface area contributed by atoms with Crippen molar-refractivity contribution in [3.05, 3.63) is 59.7 Å². The molecule has 0 radical (unpaired) electrons. The average molecular weight is 280 g/mol. The maximum atomic E-state index is 12.5. The highest BCUT2D eigenvalue weighted by molar-refractivity contribution is 5.67. The van der Waals surface area contributed by atoms with Gasteiger partial charge in [-0.25, -0.2) is 0 Å². The molecular formula is C15H15F3N2. The molecule has 0 spiro atoms. The van der Waals surface area contributed by atoms with Crippen molar-refractivity contribution in [2.45, 2.75) is 12.6 Å². The normalized spacial score (nSPS) is 11.3. The Morgan fingerprint density at radius 1 is 1.00 bits per heavy atom. The number of halogens is 3. The SMILES string of the molecule is Nc1cc(C(F)(F)F)ccc1NCCc1ccccc1. The molecule has 0 bridgehead atoms. The summed E-state index contributed by atoms with van der Waals surface area (Å²) >= 11 is 0. The highest BCUT2D eigenvalue weighted by Gasteiger charge is 2.30. The van der Waals surface area contributed by atoms with Gasteiger partial charge >= 0.3 is 6.18 Å². The molecule has 0 heterocycles. The maximum Gasteiger partial charge on any atom is 0.416 e. The van der Waals surface area contributed by atoms with Gasteiger partial charge in [-0.3, -0.25) is 0 Å². The van der Waals surface area contributed by atoms with E-state index in [2.05, 4.69) is 5.32 Å². The highest BCUT2D eigenvalue weighted by atomic mass is 19.4. The first kappa shape index (κ1) is 14.2. The molecule has 0 aliphatic rings. The Bertz CT molecular complexity index is 565. The molecule has 2 aromatic rings. The van der Waals surface area contributed by atoms with Crippen LogP contribution in [-0.2, 0) is 12.6 Å². The molecule has 2 rings (SSSR count). The van der Waals surface area contributed by atoms with Gasteiger partial charge in [-0.05, 0) is 30.2 Å². The summed E-state index contributed by atoms with van der Waals surface area (Å²) < 4.78 is 37.5. The Morgan fingerprint density at radius 2 is 1.70 bits per heavy atom. The molecule has 2 nitrogen and oxygen atoms in total. The number of nitrogens with one attached hydrogen (secondary N) is 1. The summed E-state index contributed by atoms with van der Waals surface area (Å²) in [7, 11) is 0. The number of rotatable bonds is 4. The lowest BCUT2D eigenvalue weighted by molar-refractivity contribution is -0.137. The molecule has 0 atom stereocenters. The molecule has 5 heteroatoms. The zero-order valence-corrected chi connectivity index (χ0v) is 10.7. The first-order chi connectivity index (χ1) is 9.47. The van der Waals surface area contributed by atoms with Crippen LogP contribution in [0.2, 0.25) is 0 Å². The van der Waals surface area contributed by atoms with Crippen molar-refractivity contribution < 1.29 is 13.2 Å². The third-order valence-electron chi connectivity index (χ3n) is 2.95. The Hall–Kier alpha value is -2.17. The van der Waals surface area contributed by atoms with Gasteiger partial charge in [0.25, 0.3) is 0 Å². The van der Waals surface area contributed by atoms with E-state index >= 15 is 0 Å². The minimum Gasteiger partial charge on any atom is -0.397 e. The molecule has 0 amide bonds. The van der Waals surface area contributed by atoms with Crippen LogP contribution in [0.3, 0.4) is 0 Å². The van der Waals surface area contributed by atoms with Gasteiger partial charge in [0.05, 0.1) is 16.9 Å². The van der Waals surface area contributed by atoms with Gasteiger partial charge in [0, 0.05) is 6.54 Å². The highest BCUT2D eigenvalue weighted by Crippen LogP contribution is 2.32. The number of hydrogen-bond acceptors (Lipinski definition) is 2. The summed E-state index contributed by atoms with van der Waals surface area (Å²) in [6, 6.07) is 13.2. The number of nitrogens with two attached hydrogens (primary N) is 1. The minimum absolute atomic E-state index is 0.105. The fourth-order valence-corrected chi connectivity index (χ4v) is 1.89. The van der Waals surface area contributed by atoms with Gasteiger partial charge in [0.1, 0.15) is 0 Å². The minimum atomic E-state index is -4.36. The van der Waals surface area contributed by atoms with Crippen LogP contribution in [0.5, 0.6) is 0 Å². The van der Waals surface area contributed by atoms with Gasteiger partial charge in [-0.15, -0.1) is 0 Å². The van der Waals surface area contributed by atoms with E-state index in [4.69, 9.17) is 5.73 Å². The molecule has 2 aromatic carbocycles. The van der Waals surface area contributed by atoms with Gasteiger partial charge < -0.3 is 11.1 Å². The first-order valence-corrected chi connectivity index (χ1v) is 6.21. The number of alkyl halides is 3. The molecule has 0 saturated carbocycles. The van der Waals surface area contributed by atoms with E-state index in [0.29, 0.717) is 12.2 Å². The standard InChI is InChI=1S/C15H15F3N2/c16-15(17,18)12-6-7-14(13(19)10-12)20-9-8-11-4-2-1-3-5-11/h1-7,10,20H,8-9,19H2. The Balaban J connectivity index is 1.97. The zero-order valence-electron chi connectivity index (χ0n) is 10.7. The van der Waals surface area contributed by atoms with E-state index in [9.17, 15) is 13.2 Å². The van der Waals surface area contributed by atoms with Gasteiger partial charge in [-0.1, -0.05) is 30.3 Å². The molecule has 0 fully saturated rings. The number of hydrogen-bond donors (Lipinski definition) is 2. The Morgan fingerprint density at radius 3 is 2.30 bits per heavy atom. The molecule has 106 valence electrons. The maximum absolute atomic E-state index is 12.5. The van der Waals surface area contributed by atoms with Crippen LogP contribution in [0.25, 0.3) is 0 Å². The quantitative estimate of drug-likeness (QED) is 0.832. The monoisotopic (exact) mass is 280 g/mol. The largest absolute Gasteiger partial charge is 0.416 e. The predicted octanol–water partition coefficient (Wildman–Crippen LogP) is 3.94. The Labute approximate surface area is 115 Å². The van der Waals surface area contributed by atoms with Crippen molar-refractivity contribution in [3.63, 3.8) is 0 Å². The van der Waals surface area contributed by atoms with Gasteiger partial charge in [-0.2, -0.15) is 13.2 Å². The summed E-state index contributed by atoms with van der Waals surface area (Å²) in [5.74, 6) is 0. The molecule has 0 aromatic heterocycles. The number of anilines is 2. The predicted molar refractivity (Wildman–Crippen MR) is 74.5 cm³/mol. The van der Waals surface area contributed by atoms with Crippen LogP contribution >= 0.6 is 0 Å². The smallest absolute Gasteiger partial charge is 0.397 e. The van der Waals surface area contributed by atoms with Crippen molar-refractivity contribution in [2.24, 2.45) is 0 Å². The summed E-state index contributed by atoms with van der Waals surface area (Å²) in [4.78, 5) is 0. The number of benzene rings is 2. The van der Waals surface area contributed by atoms with Crippen molar-refractivity contribution in [2.75, 3.05) is 17.6 Å². The van der Waals surface area contributed by atoms with Gasteiger partial charge in [0.15, 0.2) is 0 Å². The fourth-order valence-electron chi connectivity index (χ4n) is 1.89. The lowest BCUT2D eigenvalue weighted by Crippen LogP contribution is -2.09. The van der Waals surface area contributed by atoms with E-state index < -0.39 is 11.7 Å². The van der Waals surface area contributed by atoms with Crippen LogP contribution in [0, 0.1) is 0 Å². The van der Waals surface area contributed by atoms with Gasteiger partial charge in [0.2, 0.25) is 0 Å². The average Bonchev–Trinajstić information content (AvgIpc) is 2.40. The molecular weight excluding hydrogens is 265 g/mol. The molecule has 0 aliphatic carbocycles. The lowest BCUT2D eigenvalue weighted by atomic mass is 10.1. The van der Waals surface area contributed by atoms with Crippen molar-refractivity contribution in [3.8, 4) is 0 Å². The molecule has 20 heavy (non-hydrogen) atoms. The second-order valence-electron chi connectivity index (χ2n) is 4.46. The molecule has 0 saturated heterocycles. The molecule has 0 unspecified atom stereocenters. The molecule has 0 aliphatic heterocycles. The second-order valence-corrected chi connectivity index (χ2v) is 4.46. The Kier molecular flexibility index (Phi) is 4.17. The van der Waals surface area contributed by atoms with Crippen LogP contribution < -0.4 is 11.1 Å². The second kappa shape index (κ2) is 5.86. The van der Waals surface area contributed by atoms with E-state index in [0.717, 1.165) is 24.1 Å².